The first-order valence-corrected chi connectivity index (χ1v) is 6.82. The standard InChI is InChI=1S/C13H20BrFN2/c1-3-9(4-2)7-13(17-16)11-6-5-10(15)8-12(11)14/h5-6,8-9,13,17H,3-4,7,16H2,1-2H3. The van der Waals surface area contributed by atoms with E-state index in [0.717, 1.165) is 29.3 Å². The third kappa shape index (κ3) is 4.05. The van der Waals surface area contributed by atoms with Crippen molar-refractivity contribution in [3.05, 3.63) is 34.1 Å². The highest BCUT2D eigenvalue weighted by Crippen LogP contribution is 2.30. The second kappa shape index (κ2) is 7.09. The summed E-state index contributed by atoms with van der Waals surface area (Å²) in [5.41, 5.74) is 3.84. The predicted molar refractivity (Wildman–Crippen MR) is 72.9 cm³/mol. The molecule has 96 valence electrons. The highest BCUT2D eigenvalue weighted by molar-refractivity contribution is 9.10. The lowest BCUT2D eigenvalue weighted by molar-refractivity contribution is 0.374. The summed E-state index contributed by atoms with van der Waals surface area (Å²) in [7, 11) is 0. The second-order valence-corrected chi connectivity index (χ2v) is 5.16. The van der Waals surface area contributed by atoms with Gasteiger partial charge in [-0.25, -0.2) is 4.39 Å². The highest BCUT2D eigenvalue weighted by Gasteiger charge is 2.17. The summed E-state index contributed by atoms with van der Waals surface area (Å²) in [5.74, 6) is 6.00. The van der Waals surface area contributed by atoms with Crippen molar-refractivity contribution < 1.29 is 4.39 Å². The highest BCUT2D eigenvalue weighted by atomic mass is 79.9. The van der Waals surface area contributed by atoms with Gasteiger partial charge in [-0.15, -0.1) is 0 Å². The van der Waals surface area contributed by atoms with Gasteiger partial charge in [0.25, 0.3) is 0 Å². The van der Waals surface area contributed by atoms with Crippen LogP contribution >= 0.6 is 15.9 Å². The quantitative estimate of drug-likeness (QED) is 0.617. The number of benzene rings is 1. The minimum absolute atomic E-state index is 0.0647. The van der Waals surface area contributed by atoms with Crippen molar-refractivity contribution >= 4 is 15.9 Å². The lowest BCUT2D eigenvalue weighted by atomic mass is 9.91. The van der Waals surface area contributed by atoms with Gasteiger partial charge in [0.2, 0.25) is 0 Å². The molecule has 0 saturated carbocycles. The molecule has 4 heteroatoms. The van der Waals surface area contributed by atoms with E-state index < -0.39 is 0 Å². The van der Waals surface area contributed by atoms with Crippen LogP contribution in [0.1, 0.15) is 44.7 Å². The number of halogens is 2. The Morgan fingerprint density at radius 2 is 2.00 bits per heavy atom. The van der Waals surface area contributed by atoms with Gasteiger partial charge in [-0.1, -0.05) is 48.7 Å². The van der Waals surface area contributed by atoms with Gasteiger partial charge in [-0.3, -0.25) is 11.3 Å². The Bertz CT molecular complexity index is 353. The Kier molecular flexibility index (Phi) is 6.09. The predicted octanol–water partition coefficient (Wildman–Crippen LogP) is 3.92. The van der Waals surface area contributed by atoms with Crippen LogP contribution in [-0.2, 0) is 0 Å². The second-order valence-electron chi connectivity index (χ2n) is 4.30. The monoisotopic (exact) mass is 302 g/mol. The molecular formula is C13H20BrFN2. The zero-order valence-corrected chi connectivity index (χ0v) is 11.9. The summed E-state index contributed by atoms with van der Waals surface area (Å²) in [4.78, 5) is 0. The van der Waals surface area contributed by atoms with Crippen LogP contribution in [0, 0.1) is 11.7 Å². The zero-order chi connectivity index (χ0) is 12.8. The topological polar surface area (TPSA) is 38.0 Å². The Morgan fingerprint density at radius 3 is 2.47 bits per heavy atom. The van der Waals surface area contributed by atoms with Crippen molar-refractivity contribution in [2.45, 2.75) is 39.2 Å². The minimum Gasteiger partial charge on any atom is -0.271 e. The van der Waals surface area contributed by atoms with Crippen molar-refractivity contribution in [3.63, 3.8) is 0 Å². The number of hydrogen-bond donors (Lipinski definition) is 2. The molecule has 0 amide bonds. The van der Waals surface area contributed by atoms with Gasteiger partial charge >= 0.3 is 0 Å². The maximum Gasteiger partial charge on any atom is 0.124 e. The summed E-state index contributed by atoms with van der Waals surface area (Å²) < 4.78 is 13.8. The maximum atomic E-state index is 13.0. The fourth-order valence-corrected chi connectivity index (χ4v) is 2.65. The largest absolute Gasteiger partial charge is 0.271 e. The van der Waals surface area contributed by atoms with Crippen LogP contribution < -0.4 is 11.3 Å². The van der Waals surface area contributed by atoms with Crippen molar-refractivity contribution in [1.29, 1.82) is 0 Å². The maximum absolute atomic E-state index is 13.0. The fourth-order valence-electron chi connectivity index (χ4n) is 2.02. The Hall–Kier alpha value is -0.450. The Balaban J connectivity index is 2.85. The molecule has 0 spiro atoms. The molecule has 0 heterocycles. The molecule has 2 nitrogen and oxygen atoms in total. The van der Waals surface area contributed by atoms with Crippen molar-refractivity contribution in [3.8, 4) is 0 Å². The van der Waals surface area contributed by atoms with E-state index in [-0.39, 0.29) is 11.9 Å². The number of hydrazine groups is 1. The van der Waals surface area contributed by atoms with Gasteiger partial charge in [0.15, 0.2) is 0 Å². The van der Waals surface area contributed by atoms with Gasteiger partial charge in [-0.2, -0.15) is 0 Å². The lowest BCUT2D eigenvalue weighted by Gasteiger charge is -2.22. The van der Waals surface area contributed by atoms with Gasteiger partial charge in [0.1, 0.15) is 5.82 Å². The molecule has 1 aromatic rings. The van der Waals surface area contributed by atoms with Crippen LogP contribution in [-0.4, -0.2) is 0 Å². The van der Waals surface area contributed by atoms with E-state index in [1.54, 1.807) is 6.07 Å². The van der Waals surface area contributed by atoms with E-state index in [0.29, 0.717) is 5.92 Å². The van der Waals surface area contributed by atoms with E-state index in [1.165, 1.54) is 12.1 Å². The third-order valence-corrected chi connectivity index (χ3v) is 3.95. The number of hydrogen-bond acceptors (Lipinski definition) is 2. The SMILES string of the molecule is CCC(CC)CC(NN)c1ccc(F)cc1Br. The van der Waals surface area contributed by atoms with Gasteiger partial charge in [-0.05, 0) is 30.0 Å². The summed E-state index contributed by atoms with van der Waals surface area (Å²) >= 11 is 3.39. The third-order valence-electron chi connectivity index (χ3n) is 3.26. The first kappa shape index (κ1) is 14.6. The normalized spacial score (nSPS) is 13.1. The number of nitrogens with two attached hydrogens (primary N) is 1. The first-order chi connectivity index (χ1) is 8.12. The van der Waals surface area contributed by atoms with Gasteiger partial charge in [0.05, 0.1) is 0 Å². The van der Waals surface area contributed by atoms with Crippen LogP contribution in [0.25, 0.3) is 0 Å². The molecule has 17 heavy (non-hydrogen) atoms. The van der Waals surface area contributed by atoms with Crippen molar-refractivity contribution in [1.82, 2.24) is 5.43 Å². The number of nitrogens with one attached hydrogen (secondary N) is 1. The van der Waals surface area contributed by atoms with E-state index in [9.17, 15) is 4.39 Å². The zero-order valence-electron chi connectivity index (χ0n) is 10.3. The van der Waals surface area contributed by atoms with E-state index in [1.807, 2.05) is 0 Å². The fraction of sp³-hybridized carbons (Fsp3) is 0.538. The molecule has 0 aliphatic heterocycles. The molecule has 0 fully saturated rings. The minimum atomic E-state index is -0.237. The molecule has 0 radical (unpaired) electrons. The lowest BCUT2D eigenvalue weighted by Crippen LogP contribution is -2.30. The van der Waals surface area contributed by atoms with Gasteiger partial charge in [0, 0.05) is 10.5 Å². The average Bonchev–Trinajstić information content (AvgIpc) is 2.32. The summed E-state index contributed by atoms with van der Waals surface area (Å²) in [6.45, 7) is 4.36. The molecule has 1 atom stereocenters. The smallest absolute Gasteiger partial charge is 0.124 e. The van der Waals surface area contributed by atoms with Crippen LogP contribution in [0.2, 0.25) is 0 Å². The van der Waals surface area contributed by atoms with Crippen molar-refractivity contribution in [2.24, 2.45) is 11.8 Å². The summed E-state index contributed by atoms with van der Waals surface area (Å²) in [6.07, 6.45) is 3.23. The van der Waals surface area contributed by atoms with Crippen LogP contribution in [0.5, 0.6) is 0 Å². The van der Waals surface area contributed by atoms with Crippen molar-refractivity contribution in [2.75, 3.05) is 0 Å². The Morgan fingerprint density at radius 1 is 1.35 bits per heavy atom. The summed E-state index contributed by atoms with van der Waals surface area (Å²) in [6, 6.07) is 4.80. The van der Waals surface area contributed by atoms with Crippen LogP contribution in [0.3, 0.4) is 0 Å². The van der Waals surface area contributed by atoms with Crippen LogP contribution in [0.15, 0.2) is 22.7 Å². The molecule has 0 aromatic heterocycles. The van der Waals surface area contributed by atoms with Crippen LogP contribution in [0.4, 0.5) is 4.39 Å². The molecular weight excluding hydrogens is 283 g/mol. The molecule has 0 bridgehead atoms. The molecule has 1 rings (SSSR count). The van der Waals surface area contributed by atoms with Gasteiger partial charge < -0.3 is 0 Å². The molecule has 0 saturated heterocycles. The summed E-state index contributed by atoms with van der Waals surface area (Å²) in [5, 5.41) is 0. The average molecular weight is 303 g/mol. The Labute approximate surface area is 111 Å². The van der Waals surface area contributed by atoms with E-state index in [2.05, 4.69) is 35.2 Å². The number of rotatable bonds is 6. The molecule has 0 aliphatic rings. The molecule has 3 N–H and O–H groups in total. The molecule has 1 aromatic carbocycles. The van der Waals surface area contributed by atoms with E-state index >= 15 is 0 Å². The first-order valence-electron chi connectivity index (χ1n) is 6.03. The van der Waals surface area contributed by atoms with E-state index in [4.69, 9.17) is 5.84 Å². The molecule has 1 unspecified atom stereocenters. The molecule has 0 aliphatic carbocycles.